The minimum absolute atomic E-state index is 0.107. The van der Waals surface area contributed by atoms with Crippen molar-refractivity contribution in [1.29, 1.82) is 0 Å². The average molecular weight is 302 g/mol. The van der Waals surface area contributed by atoms with Crippen molar-refractivity contribution in [2.45, 2.75) is 13.5 Å². The number of benzene rings is 2. The summed E-state index contributed by atoms with van der Waals surface area (Å²) in [6.45, 7) is 2.16. The molecule has 100 valence electrons. The zero-order chi connectivity index (χ0) is 14.0. The smallest absolute Gasteiger partial charge is 0.146 e. The van der Waals surface area contributed by atoms with Gasteiger partial charge in [0.2, 0.25) is 0 Å². The van der Waals surface area contributed by atoms with Crippen molar-refractivity contribution in [3.8, 4) is 0 Å². The molecular formula is C14H11Cl2F2N. The van der Waals surface area contributed by atoms with Gasteiger partial charge in [-0.3, -0.25) is 0 Å². The first kappa shape index (κ1) is 14.1. The first-order chi connectivity index (χ1) is 8.97. The van der Waals surface area contributed by atoms with Gasteiger partial charge < -0.3 is 5.32 Å². The number of halogens is 4. The van der Waals surface area contributed by atoms with E-state index >= 15 is 0 Å². The van der Waals surface area contributed by atoms with Gasteiger partial charge in [-0.15, -0.1) is 0 Å². The Hall–Kier alpha value is -1.32. The predicted octanol–water partition coefficient (Wildman–Crippen LogP) is 5.19. The molecule has 19 heavy (non-hydrogen) atoms. The Morgan fingerprint density at radius 2 is 1.84 bits per heavy atom. The van der Waals surface area contributed by atoms with Gasteiger partial charge in [0.25, 0.3) is 0 Å². The molecule has 0 saturated carbocycles. The summed E-state index contributed by atoms with van der Waals surface area (Å²) >= 11 is 11.9. The maximum absolute atomic E-state index is 13.5. The van der Waals surface area contributed by atoms with Crippen LogP contribution in [0.1, 0.15) is 11.1 Å². The molecule has 5 heteroatoms. The summed E-state index contributed by atoms with van der Waals surface area (Å²) in [7, 11) is 0. The molecule has 0 fully saturated rings. The van der Waals surface area contributed by atoms with Crippen LogP contribution in [-0.4, -0.2) is 0 Å². The van der Waals surface area contributed by atoms with Crippen LogP contribution in [-0.2, 0) is 6.54 Å². The quantitative estimate of drug-likeness (QED) is 0.822. The molecule has 0 aliphatic heterocycles. The van der Waals surface area contributed by atoms with Gasteiger partial charge in [-0.2, -0.15) is 0 Å². The van der Waals surface area contributed by atoms with Crippen LogP contribution in [0.3, 0.4) is 0 Å². The molecule has 0 unspecified atom stereocenters. The highest BCUT2D eigenvalue weighted by Gasteiger charge is 2.07. The molecule has 1 nitrogen and oxygen atoms in total. The zero-order valence-electron chi connectivity index (χ0n) is 10.1. The van der Waals surface area contributed by atoms with Gasteiger partial charge in [0, 0.05) is 16.6 Å². The minimum atomic E-state index is -0.507. The van der Waals surface area contributed by atoms with Gasteiger partial charge in [-0.25, -0.2) is 8.78 Å². The number of hydrogen-bond acceptors (Lipinski definition) is 1. The Balaban J connectivity index is 2.21. The third kappa shape index (κ3) is 3.37. The summed E-state index contributed by atoms with van der Waals surface area (Å²) in [5.41, 5.74) is 1.80. The topological polar surface area (TPSA) is 12.0 Å². The summed E-state index contributed by atoms with van der Waals surface area (Å²) in [6.07, 6.45) is 0. The molecule has 1 N–H and O–H groups in total. The van der Waals surface area contributed by atoms with Gasteiger partial charge in [0.05, 0.1) is 5.69 Å². The Labute approximate surface area is 120 Å². The van der Waals surface area contributed by atoms with E-state index in [1.54, 1.807) is 12.1 Å². The van der Waals surface area contributed by atoms with Gasteiger partial charge in [-0.05, 0) is 48.4 Å². The molecule has 0 saturated heterocycles. The summed E-state index contributed by atoms with van der Waals surface area (Å²) in [5, 5.41) is 3.89. The second-order valence-corrected chi connectivity index (χ2v) is 4.99. The third-order valence-electron chi connectivity index (χ3n) is 2.81. The monoisotopic (exact) mass is 301 g/mol. The van der Waals surface area contributed by atoms with Crippen LogP contribution in [0.25, 0.3) is 0 Å². The molecule has 2 aromatic rings. The van der Waals surface area contributed by atoms with E-state index in [0.717, 1.165) is 29.3 Å². The number of nitrogens with one attached hydrogen (secondary N) is 1. The van der Waals surface area contributed by atoms with Crippen LogP contribution in [0.4, 0.5) is 14.5 Å². The van der Waals surface area contributed by atoms with Crippen molar-refractivity contribution in [3.63, 3.8) is 0 Å². The minimum Gasteiger partial charge on any atom is -0.379 e. The average Bonchev–Trinajstić information content (AvgIpc) is 2.35. The SMILES string of the molecule is Cc1c(Cl)cc(Cl)cc1CNc1cc(F)ccc1F. The van der Waals surface area contributed by atoms with Crippen LogP contribution < -0.4 is 5.32 Å². The molecule has 0 heterocycles. The third-order valence-corrected chi connectivity index (χ3v) is 3.43. The van der Waals surface area contributed by atoms with Gasteiger partial charge in [0.1, 0.15) is 11.6 Å². The highest BCUT2D eigenvalue weighted by molar-refractivity contribution is 6.35. The first-order valence-corrected chi connectivity index (χ1v) is 6.36. The molecule has 0 amide bonds. The van der Waals surface area contributed by atoms with E-state index in [-0.39, 0.29) is 5.69 Å². The van der Waals surface area contributed by atoms with Crippen LogP contribution in [0.2, 0.25) is 10.0 Å². The van der Waals surface area contributed by atoms with Crippen molar-refractivity contribution in [2.75, 3.05) is 5.32 Å². The molecule has 0 aliphatic carbocycles. The molecule has 2 rings (SSSR count). The van der Waals surface area contributed by atoms with E-state index < -0.39 is 11.6 Å². The Kier molecular flexibility index (Phi) is 4.27. The van der Waals surface area contributed by atoms with E-state index in [1.807, 2.05) is 6.92 Å². The van der Waals surface area contributed by atoms with Crippen LogP contribution in [0.15, 0.2) is 30.3 Å². The lowest BCUT2D eigenvalue weighted by molar-refractivity contribution is 0.602. The normalized spacial score (nSPS) is 10.6. The fraction of sp³-hybridized carbons (Fsp3) is 0.143. The molecule has 0 radical (unpaired) electrons. The summed E-state index contributed by atoms with van der Waals surface area (Å²) in [5.74, 6) is -1.00. The van der Waals surface area contributed by atoms with Gasteiger partial charge in [0.15, 0.2) is 0 Å². The van der Waals surface area contributed by atoms with Crippen molar-refractivity contribution >= 4 is 28.9 Å². The molecule has 2 aromatic carbocycles. The second kappa shape index (κ2) is 5.76. The summed E-state index contributed by atoms with van der Waals surface area (Å²) < 4.78 is 26.5. The largest absolute Gasteiger partial charge is 0.379 e. The van der Waals surface area contributed by atoms with E-state index in [9.17, 15) is 8.78 Å². The van der Waals surface area contributed by atoms with Gasteiger partial charge in [-0.1, -0.05) is 23.2 Å². The molecule has 0 aromatic heterocycles. The van der Waals surface area contributed by atoms with Crippen molar-refractivity contribution < 1.29 is 8.78 Å². The fourth-order valence-corrected chi connectivity index (χ4v) is 2.24. The molecular weight excluding hydrogens is 291 g/mol. The number of rotatable bonds is 3. The Morgan fingerprint density at radius 1 is 1.11 bits per heavy atom. The zero-order valence-corrected chi connectivity index (χ0v) is 11.6. The summed E-state index contributed by atoms with van der Waals surface area (Å²) in [4.78, 5) is 0. The predicted molar refractivity (Wildman–Crippen MR) is 74.9 cm³/mol. The maximum Gasteiger partial charge on any atom is 0.146 e. The van der Waals surface area contributed by atoms with Crippen molar-refractivity contribution in [2.24, 2.45) is 0 Å². The van der Waals surface area contributed by atoms with Crippen LogP contribution >= 0.6 is 23.2 Å². The maximum atomic E-state index is 13.5. The van der Waals surface area contributed by atoms with Crippen LogP contribution in [0.5, 0.6) is 0 Å². The number of anilines is 1. The van der Waals surface area contributed by atoms with E-state index in [0.29, 0.717) is 16.6 Å². The Bertz CT molecular complexity index is 615. The van der Waals surface area contributed by atoms with Crippen molar-refractivity contribution in [1.82, 2.24) is 0 Å². The highest BCUT2D eigenvalue weighted by atomic mass is 35.5. The second-order valence-electron chi connectivity index (χ2n) is 4.15. The van der Waals surface area contributed by atoms with Gasteiger partial charge >= 0.3 is 0 Å². The molecule has 0 atom stereocenters. The fourth-order valence-electron chi connectivity index (χ4n) is 1.71. The lowest BCUT2D eigenvalue weighted by Crippen LogP contribution is -2.04. The standard InChI is InChI=1S/C14H11Cl2F2N/c1-8-9(4-10(15)5-12(8)16)7-19-14-6-11(17)2-3-13(14)18/h2-6,19H,7H2,1H3. The molecule has 0 aliphatic rings. The van der Waals surface area contributed by atoms with Crippen molar-refractivity contribution in [3.05, 3.63) is 63.1 Å². The first-order valence-electron chi connectivity index (χ1n) is 5.61. The van der Waals surface area contributed by atoms with E-state index in [4.69, 9.17) is 23.2 Å². The Morgan fingerprint density at radius 3 is 2.58 bits per heavy atom. The number of hydrogen-bond donors (Lipinski definition) is 1. The summed E-state index contributed by atoms with van der Waals surface area (Å²) in [6, 6.07) is 6.64. The van der Waals surface area contributed by atoms with E-state index in [1.165, 1.54) is 0 Å². The lowest BCUT2D eigenvalue weighted by atomic mass is 10.1. The van der Waals surface area contributed by atoms with E-state index in [2.05, 4.69) is 5.32 Å². The van der Waals surface area contributed by atoms with Crippen LogP contribution in [0, 0.1) is 18.6 Å². The highest BCUT2D eigenvalue weighted by Crippen LogP contribution is 2.25. The molecule has 0 spiro atoms. The lowest BCUT2D eigenvalue weighted by Gasteiger charge is -2.11. The molecule has 0 bridgehead atoms.